The molecule has 1 aliphatic carbocycles. The van der Waals surface area contributed by atoms with Gasteiger partial charge in [0.2, 0.25) is 5.91 Å². The molecule has 1 saturated carbocycles. The molecule has 1 aliphatic heterocycles. The van der Waals surface area contributed by atoms with Crippen LogP contribution in [0.3, 0.4) is 0 Å². The van der Waals surface area contributed by atoms with Gasteiger partial charge in [0, 0.05) is 23.1 Å². The van der Waals surface area contributed by atoms with E-state index in [0.717, 1.165) is 36.0 Å². The van der Waals surface area contributed by atoms with E-state index in [1.54, 1.807) is 6.20 Å². The number of amides is 1. The molecule has 1 saturated heterocycles. The Morgan fingerprint density at radius 2 is 2.00 bits per heavy atom. The predicted octanol–water partition coefficient (Wildman–Crippen LogP) is 3.43. The first kappa shape index (κ1) is 17.0. The number of hydrogen-bond acceptors (Lipinski definition) is 4. The summed E-state index contributed by atoms with van der Waals surface area (Å²) >= 11 is 0. The lowest BCUT2D eigenvalue weighted by Gasteiger charge is -2.31. The number of carbonyl (C=O) groups excluding carboxylic acids is 1. The van der Waals surface area contributed by atoms with Crippen LogP contribution in [0.4, 0.5) is 5.69 Å². The first-order chi connectivity index (χ1) is 11.2. The fourth-order valence-corrected chi connectivity index (χ4v) is 2.79. The highest BCUT2D eigenvalue weighted by atomic mass is 35.5. The number of rotatable bonds is 5. The highest BCUT2D eigenvalue weighted by Gasteiger charge is 2.29. The highest BCUT2D eigenvalue weighted by molar-refractivity contribution is 5.92. The summed E-state index contributed by atoms with van der Waals surface area (Å²) < 4.78 is 5.80. The van der Waals surface area contributed by atoms with Crippen molar-refractivity contribution < 1.29 is 9.21 Å². The van der Waals surface area contributed by atoms with Gasteiger partial charge in [-0.05, 0) is 56.1 Å². The molecule has 2 aliphatic rings. The van der Waals surface area contributed by atoms with E-state index in [9.17, 15) is 4.79 Å². The lowest BCUT2D eigenvalue weighted by Crippen LogP contribution is -2.48. The van der Waals surface area contributed by atoms with Crippen LogP contribution in [0.1, 0.15) is 31.6 Å². The molecular formula is C18H22ClN3O2. The van der Waals surface area contributed by atoms with Crippen molar-refractivity contribution in [2.24, 2.45) is 11.8 Å². The van der Waals surface area contributed by atoms with E-state index in [4.69, 9.17) is 4.42 Å². The molecule has 2 fully saturated rings. The Bertz CT molecular complexity index is 705. The van der Waals surface area contributed by atoms with Crippen molar-refractivity contribution in [2.45, 2.75) is 25.7 Å². The number of anilines is 1. The van der Waals surface area contributed by atoms with Gasteiger partial charge in [-0.3, -0.25) is 4.79 Å². The van der Waals surface area contributed by atoms with Crippen LogP contribution < -0.4 is 10.6 Å². The molecule has 1 atom stereocenters. The maximum absolute atomic E-state index is 12.2. The topological polar surface area (TPSA) is 67.2 Å². The SMILES string of the molecule is CC(C(=O)Nc1ccc(-c2cnc(C3CC3)o2)cc1)C1CNC1.Cl. The lowest BCUT2D eigenvalue weighted by atomic mass is 9.88. The average Bonchev–Trinajstić information content (AvgIpc) is 3.24. The summed E-state index contributed by atoms with van der Waals surface area (Å²) in [7, 11) is 0. The fraction of sp³-hybridized carbons (Fsp3) is 0.444. The van der Waals surface area contributed by atoms with E-state index in [2.05, 4.69) is 15.6 Å². The normalized spacial score (nSPS) is 18.4. The number of oxazole rings is 1. The second kappa shape index (κ2) is 6.95. The molecule has 4 rings (SSSR count). The van der Waals surface area contributed by atoms with Crippen molar-refractivity contribution in [3.8, 4) is 11.3 Å². The van der Waals surface area contributed by atoms with Crippen LogP contribution in [-0.4, -0.2) is 24.0 Å². The standard InChI is InChI=1S/C18H21N3O2.ClH/c1-11(14-8-19-9-14)17(22)21-15-6-4-12(5-7-15)16-10-20-18(23-16)13-2-3-13;/h4-7,10-11,13-14,19H,2-3,8-9H2,1H3,(H,21,22);1H. The minimum atomic E-state index is 0. The first-order valence-corrected chi connectivity index (χ1v) is 8.28. The van der Waals surface area contributed by atoms with E-state index in [0.29, 0.717) is 11.8 Å². The predicted molar refractivity (Wildman–Crippen MR) is 95.3 cm³/mol. The van der Waals surface area contributed by atoms with E-state index in [1.165, 1.54) is 12.8 Å². The van der Waals surface area contributed by atoms with E-state index in [1.807, 2.05) is 31.2 Å². The summed E-state index contributed by atoms with van der Waals surface area (Å²) in [5.74, 6) is 2.72. The van der Waals surface area contributed by atoms with Gasteiger partial charge in [-0.15, -0.1) is 12.4 Å². The second-order valence-corrected chi connectivity index (χ2v) is 6.61. The van der Waals surface area contributed by atoms with Crippen LogP contribution in [0.25, 0.3) is 11.3 Å². The molecule has 0 radical (unpaired) electrons. The van der Waals surface area contributed by atoms with Gasteiger partial charge in [-0.1, -0.05) is 6.92 Å². The van der Waals surface area contributed by atoms with E-state index >= 15 is 0 Å². The summed E-state index contributed by atoms with van der Waals surface area (Å²) in [6.07, 6.45) is 4.14. The molecule has 0 bridgehead atoms. The Morgan fingerprint density at radius 1 is 1.29 bits per heavy atom. The van der Waals surface area contributed by atoms with Crippen molar-refractivity contribution in [1.82, 2.24) is 10.3 Å². The Hall–Kier alpha value is -1.85. The zero-order valence-corrected chi connectivity index (χ0v) is 14.4. The van der Waals surface area contributed by atoms with Crippen LogP contribution in [0.2, 0.25) is 0 Å². The smallest absolute Gasteiger partial charge is 0.227 e. The molecule has 1 amide bonds. The lowest BCUT2D eigenvalue weighted by molar-refractivity contribution is -0.121. The number of hydrogen-bond donors (Lipinski definition) is 2. The van der Waals surface area contributed by atoms with Crippen LogP contribution in [0, 0.1) is 11.8 Å². The molecule has 128 valence electrons. The Kier molecular flexibility index (Phi) is 4.92. The highest BCUT2D eigenvalue weighted by Crippen LogP contribution is 2.40. The Labute approximate surface area is 147 Å². The van der Waals surface area contributed by atoms with Gasteiger partial charge in [-0.25, -0.2) is 4.98 Å². The maximum atomic E-state index is 12.2. The molecule has 2 N–H and O–H groups in total. The first-order valence-electron chi connectivity index (χ1n) is 8.28. The summed E-state index contributed by atoms with van der Waals surface area (Å²) in [5.41, 5.74) is 1.80. The molecule has 5 nitrogen and oxygen atoms in total. The Balaban J connectivity index is 0.00000169. The molecular weight excluding hydrogens is 326 g/mol. The molecule has 1 unspecified atom stereocenters. The zero-order valence-electron chi connectivity index (χ0n) is 13.6. The molecule has 0 spiro atoms. The number of halogens is 1. The quantitative estimate of drug-likeness (QED) is 0.869. The average molecular weight is 348 g/mol. The third-order valence-corrected chi connectivity index (χ3v) is 4.82. The van der Waals surface area contributed by atoms with Gasteiger partial charge in [0.1, 0.15) is 0 Å². The number of nitrogens with one attached hydrogen (secondary N) is 2. The summed E-state index contributed by atoms with van der Waals surface area (Å²) in [5, 5.41) is 6.19. The number of benzene rings is 1. The van der Waals surface area contributed by atoms with Crippen LogP contribution in [0.15, 0.2) is 34.9 Å². The molecule has 1 aromatic carbocycles. The number of aromatic nitrogens is 1. The van der Waals surface area contributed by atoms with E-state index in [-0.39, 0.29) is 24.2 Å². The third-order valence-electron chi connectivity index (χ3n) is 4.82. The van der Waals surface area contributed by atoms with Crippen LogP contribution in [0.5, 0.6) is 0 Å². The molecule has 24 heavy (non-hydrogen) atoms. The molecule has 2 aromatic rings. The zero-order chi connectivity index (χ0) is 15.8. The molecule has 1 aromatic heterocycles. The van der Waals surface area contributed by atoms with Gasteiger partial charge in [0.15, 0.2) is 11.7 Å². The van der Waals surface area contributed by atoms with E-state index < -0.39 is 0 Å². The minimum Gasteiger partial charge on any atom is -0.440 e. The minimum absolute atomic E-state index is 0. The molecule has 2 heterocycles. The summed E-state index contributed by atoms with van der Waals surface area (Å²) in [6.45, 7) is 3.85. The van der Waals surface area contributed by atoms with Gasteiger partial charge >= 0.3 is 0 Å². The largest absolute Gasteiger partial charge is 0.440 e. The summed E-state index contributed by atoms with van der Waals surface area (Å²) in [4.78, 5) is 16.6. The van der Waals surface area contributed by atoms with Crippen molar-refractivity contribution >= 4 is 24.0 Å². The maximum Gasteiger partial charge on any atom is 0.227 e. The van der Waals surface area contributed by atoms with Gasteiger partial charge in [0.05, 0.1) is 6.20 Å². The third kappa shape index (κ3) is 3.47. The van der Waals surface area contributed by atoms with Crippen molar-refractivity contribution in [2.75, 3.05) is 18.4 Å². The van der Waals surface area contributed by atoms with Crippen molar-refractivity contribution in [3.05, 3.63) is 36.4 Å². The number of nitrogens with zero attached hydrogens (tertiary/aromatic N) is 1. The van der Waals surface area contributed by atoms with Crippen molar-refractivity contribution in [3.63, 3.8) is 0 Å². The molecule has 6 heteroatoms. The van der Waals surface area contributed by atoms with Gasteiger partial charge < -0.3 is 15.1 Å². The van der Waals surface area contributed by atoms with Crippen molar-refractivity contribution in [1.29, 1.82) is 0 Å². The van der Waals surface area contributed by atoms with Crippen LogP contribution in [-0.2, 0) is 4.79 Å². The monoisotopic (exact) mass is 347 g/mol. The second-order valence-electron chi connectivity index (χ2n) is 6.61. The Morgan fingerprint density at radius 3 is 2.58 bits per heavy atom. The fourth-order valence-electron chi connectivity index (χ4n) is 2.79. The summed E-state index contributed by atoms with van der Waals surface area (Å²) in [6, 6.07) is 7.75. The number of carbonyl (C=O) groups is 1. The van der Waals surface area contributed by atoms with Crippen LogP contribution >= 0.6 is 12.4 Å². The van der Waals surface area contributed by atoms with Gasteiger partial charge in [-0.2, -0.15) is 0 Å². The van der Waals surface area contributed by atoms with Gasteiger partial charge in [0.25, 0.3) is 0 Å².